The molecule has 24 heavy (non-hydrogen) atoms. The van der Waals surface area contributed by atoms with Crippen molar-refractivity contribution in [2.24, 2.45) is 17.8 Å². The van der Waals surface area contributed by atoms with E-state index in [1.165, 1.54) is 38.5 Å². The lowest BCUT2D eigenvalue weighted by Crippen LogP contribution is -2.35. The van der Waals surface area contributed by atoms with Gasteiger partial charge in [0.25, 0.3) is 5.91 Å². The normalized spacial score (nSPS) is 27.6. The van der Waals surface area contributed by atoms with E-state index in [1.54, 1.807) is 0 Å². The number of hydrogen-bond acceptors (Lipinski definition) is 4. The number of carbonyl (C=O) groups is 1. The van der Waals surface area contributed by atoms with Crippen LogP contribution >= 0.6 is 0 Å². The number of aliphatic hydroxyl groups excluding tert-OH is 1. The molecule has 3 aliphatic rings. The van der Waals surface area contributed by atoms with Crippen molar-refractivity contribution in [3.63, 3.8) is 0 Å². The van der Waals surface area contributed by atoms with Gasteiger partial charge >= 0.3 is 0 Å². The van der Waals surface area contributed by atoms with Gasteiger partial charge in [-0.05, 0) is 62.4 Å². The first kappa shape index (κ1) is 17.7. The van der Waals surface area contributed by atoms with Crippen molar-refractivity contribution in [1.82, 2.24) is 5.32 Å². The maximum Gasteiger partial charge on any atom is 0.286 e. The van der Waals surface area contributed by atoms with Gasteiger partial charge in [-0.1, -0.05) is 12.8 Å². The number of ether oxygens (including phenoxy) is 2. The van der Waals surface area contributed by atoms with Gasteiger partial charge in [0, 0.05) is 19.6 Å². The molecule has 2 atom stereocenters. The summed E-state index contributed by atoms with van der Waals surface area (Å²) >= 11 is 0. The summed E-state index contributed by atoms with van der Waals surface area (Å²) in [4.78, 5) is 12.4. The lowest BCUT2D eigenvalue weighted by molar-refractivity contribution is -0.151. The molecule has 1 aliphatic heterocycles. The number of hydrogen-bond donors (Lipinski definition) is 2. The Labute approximate surface area is 144 Å². The highest BCUT2D eigenvalue weighted by atomic mass is 16.7. The quantitative estimate of drug-likeness (QED) is 0.635. The number of nitrogens with one attached hydrogen (secondary N) is 1. The van der Waals surface area contributed by atoms with Crippen molar-refractivity contribution in [2.45, 2.75) is 64.1 Å². The molecule has 3 rings (SSSR count). The predicted octanol–water partition coefficient (Wildman–Crippen LogP) is 2.74. The molecule has 0 unspecified atom stereocenters. The van der Waals surface area contributed by atoms with E-state index in [0.717, 1.165) is 25.8 Å². The van der Waals surface area contributed by atoms with Crippen LogP contribution < -0.4 is 5.32 Å². The molecule has 0 aromatic rings. The van der Waals surface area contributed by atoms with Gasteiger partial charge in [0.1, 0.15) is 0 Å². The van der Waals surface area contributed by atoms with Crippen molar-refractivity contribution in [2.75, 3.05) is 19.8 Å². The van der Waals surface area contributed by atoms with E-state index in [9.17, 15) is 4.79 Å². The summed E-state index contributed by atoms with van der Waals surface area (Å²) in [5.41, 5.74) is 0. The molecular formula is C19H31NO4. The molecule has 0 spiro atoms. The van der Waals surface area contributed by atoms with E-state index in [2.05, 4.69) is 5.32 Å². The lowest BCUT2D eigenvalue weighted by Gasteiger charge is -2.32. The van der Waals surface area contributed by atoms with E-state index in [0.29, 0.717) is 30.1 Å². The molecule has 0 radical (unpaired) electrons. The van der Waals surface area contributed by atoms with Crippen molar-refractivity contribution in [3.8, 4) is 0 Å². The van der Waals surface area contributed by atoms with Crippen molar-refractivity contribution in [3.05, 3.63) is 11.8 Å². The molecule has 2 N–H and O–H groups in total. The second-order valence-electron chi connectivity index (χ2n) is 7.48. The Hall–Kier alpha value is -1.07. The SMILES string of the molecule is O=C(NCC1CC1)C1=C[C@H](C2CCCC2)C[C@H](OCCCCO)O1. The van der Waals surface area contributed by atoms with E-state index >= 15 is 0 Å². The van der Waals surface area contributed by atoms with Gasteiger partial charge < -0.3 is 19.9 Å². The maximum atomic E-state index is 12.4. The molecule has 0 aromatic heterocycles. The molecule has 5 nitrogen and oxygen atoms in total. The molecule has 136 valence electrons. The zero-order chi connectivity index (χ0) is 16.8. The molecule has 1 heterocycles. The first-order valence-corrected chi connectivity index (χ1v) is 9.65. The third-order valence-electron chi connectivity index (χ3n) is 5.42. The standard InChI is InChI=1S/C19H31NO4/c21-9-3-4-10-23-18-12-16(15-5-1-2-6-15)11-17(24-18)19(22)20-13-14-7-8-14/h11,14-16,18,21H,1-10,12-13H2,(H,20,22)/t16-,18+/m0/s1. The molecule has 2 aliphatic carbocycles. The van der Waals surface area contributed by atoms with E-state index in [-0.39, 0.29) is 18.8 Å². The minimum absolute atomic E-state index is 0.0893. The van der Waals surface area contributed by atoms with Crippen LogP contribution in [0.25, 0.3) is 0 Å². The van der Waals surface area contributed by atoms with Crippen LogP contribution in [-0.2, 0) is 14.3 Å². The minimum atomic E-state index is -0.332. The number of amides is 1. The van der Waals surface area contributed by atoms with E-state index in [4.69, 9.17) is 14.6 Å². The fourth-order valence-corrected chi connectivity index (χ4v) is 3.73. The molecule has 0 bridgehead atoms. The summed E-state index contributed by atoms with van der Waals surface area (Å²) in [6, 6.07) is 0. The van der Waals surface area contributed by atoms with Gasteiger partial charge in [-0.25, -0.2) is 0 Å². The second-order valence-corrected chi connectivity index (χ2v) is 7.48. The van der Waals surface area contributed by atoms with E-state index < -0.39 is 0 Å². The highest BCUT2D eigenvalue weighted by molar-refractivity contribution is 5.91. The molecule has 0 saturated heterocycles. The van der Waals surface area contributed by atoms with Gasteiger partial charge in [-0.3, -0.25) is 4.79 Å². The highest BCUT2D eigenvalue weighted by Gasteiger charge is 2.33. The lowest BCUT2D eigenvalue weighted by atomic mass is 9.86. The summed E-state index contributed by atoms with van der Waals surface area (Å²) in [7, 11) is 0. The Kier molecular flexibility index (Phi) is 6.55. The second kappa shape index (κ2) is 8.86. The van der Waals surface area contributed by atoms with Crippen LogP contribution in [0.5, 0.6) is 0 Å². The fraction of sp³-hybridized carbons (Fsp3) is 0.842. The largest absolute Gasteiger partial charge is 0.459 e. The first-order valence-electron chi connectivity index (χ1n) is 9.65. The van der Waals surface area contributed by atoms with Crippen LogP contribution in [0, 0.1) is 17.8 Å². The Balaban J connectivity index is 1.56. The molecular weight excluding hydrogens is 306 g/mol. The highest BCUT2D eigenvalue weighted by Crippen LogP contribution is 2.38. The van der Waals surface area contributed by atoms with Crippen molar-refractivity contribution >= 4 is 5.91 Å². The van der Waals surface area contributed by atoms with Crippen LogP contribution in [0.4, 0.5) is 0 Å². The van der Waals surface area contributed by atoms with E-state index in [1.807, 2.05) is 6.08 Å². The fourth-order valence-electron chi connectivity index (χ4n) is 3.73. The summed E-state index contributed by atoms with van der Waals surface area (Å²) in [5, 5.41) is 11.9. The summed E-state index contributed by atoms with van der Waals surface area (Å²) < 4.78 is 11.7. The predicted molar refractivity (Wildman–Crippen MR) is 91.0 cm³/mol. The Bertz CT molecular complexity index is 441. The average molecular weight is 337 g/mol. The van der Waals surface area contributed by atoms with Crippen molar-refractivity contribution in [1.29, 1.82) is 0 Å². The van der Waals surface area contributed by atoms with Gasteiger partial charge in [0.15, 0.2) is 5.76 Å². The first-order chi connectivity index (χ1) is 11.8. The zero-order valence-corrected chi connectivity index (χ0v) is 14.5. The minimum Gasteiger partial charge on any atom is -0.459 e. The van der Waals surface area contributed by atoms with Gasteiger partial charge in [-0.2, -0.15) is 0 Å². The topological polar surface area (TPSA) is 67.8 Å². The number of carbonyl (C=O) groups excluding carboxylic acids is 1. The monoisotopic (exact) mass is 337 g/mol. The molecule has 2 fully saturated rings. The van der Waals surface area contributed by atoms with Gasteiger partial charge in [0.05, 0.1) is 6.61 Å². The van der Waals surface area contributed by atoms with Gasteiger partial charge in [0.2, 0.25) is 6.29 Å². The van der Waals surface area contributed by atoms with Crippen LogP contribution in [0.3, 0.4) is 0 Å². The van der Waals surface area contributed by atoms with Crippen LogP contribution in [0.2, 0.25) is 0 Å². The van der Waals surface area contributed by atoms with Crippen molar-refractivity contribution < 1.29 is 19.4 Å². The average Bonchev–Trinajstić information content (AvgIpc) is 3.27. The van der Waals surface area contributed by atoms with Crippen LogP contribution in [-0.4, -0.2) is 37.1 Å². The Morgan fingerprint density at radius 2 is 2.04 bits per heavy atom. The number of rotatable bonds is 9. The smallest absolute Gasteiger partial charge is 0.286 e. The Morgan fingerprint density at radius 3 is 2.75 bits per heavy atom. The number of allylic oxidation sites excluding steroid dienone is 1. The molecule has 5 heteroatoms. The third-order valence-corrected chi connectivity index (χ3v) is 5.42. The molecule has 0 aromatic carbocycles. The summed E-state index contributed by atoms with van der Waals surface area (Å²) in [6.07, 6.45) is 11.6. The number of aliphatic hydroxyl groups is 1. The number of unbranched alkanes of at least 4 members (excludes halogenated alkanes) is 1. The van der Waals surface area contributed by atoms with Crippen LogP contribution in [0.1, 0.15) is 57.8 Å². The van der Waals surface area contributed by atoms with Crippen LogP contribution in [0.15, 0.2) is 11.8 Å². The summed E-state index contributed by atoms with van der Waals surface area (Å²) in [6.45, 7) is 1.52. The molecule has 1 amide bonds. The van der Waals surface area contributed by atoms with Gasteiger partial charge in [-0.15, -0.1) is 0 Å². The third kappa shape index (κ3) is 5.21. The Morgan fingerprint density at radius 1 is 1.25 bits per heavy atom. The maximum absolute atomic E-state index is 12.4. The zero-order valence-electron chi connectivity index (χ0n) is 14.5. The summed E-state index contributed by atoms with van der Waals surface area (Å²) in [5.74, 6) is 2.06. The molecule has 2 saturated carbocycles.